The Bertz CT molecular complexity index is 1300. The molecule has 5 aromatic rings. The molecule has 2 N–H and O–H groups in total. The van der Waals surface area contributed by atoms with Gasteiger partial charge in [0.2, 0.25) is 0 Å². The molecule has 2 aromatic heterocycles. The van der Waals surface area contributed by atoms with Crippen molar-refractivity contribution < 1.29 is 0 Å². The number of hydrogen-bond acceptors (Lipinski definition) is 4. The molecule has 0 fully saturated rings. The first-order valence-corrected chi connectivity index (χ1v) is 9.56. The van der Waals surface area contributed by atoms with Crippen LogP contribution in [-0.4, -0.2) is 29.0 Å². The predicted molar refractivity (Wildman–Crippen MR) is 121 cm³/mol. The molecule has 29 heavy (non-hydrogen) atoms. The van der Waals surface area contributed by atoms with Gasteiger partial charge in [0, 0.05) is 53.5 Å². The van der Waals surface area contributed by atoms with Gasteiger partial charge in [-0.3, -0.25) is 0 Å². The highest BCUT2D eigenvalue weighted by atomic mass is 15.1. The predicted octanol–water partition coefficient (Wildman–Crippen LogP) is 5.59. The van der Waals surface area contributed by atoms with Gasteiger partial charge in [0.1, 0.15) is 5.82 Å². The number of hydrogen-bond donors (Lipinski definition) is 2. The minimum absolute atomic E-state index is 0.708. The molecule has 0 saturated heterocycles. The van der Waals surface area contributed by atoms with E-state index in [4.69, 9.17) is 9.97 Å². The summed E-state index contributed by atoms with van der Waals surface area (Å²) in [5.41, 5.74) is 5.16. The van der Waals surface area contributed by atoms with E-state index < -0.39 is 0 Å². The summed E-state index contributed by atoms with van der Waals surface area (Å²) in [6.07, 6.45) is 1.94. The van der Waals surface area contributed by atoms with E-state index in [1.165, 1.54) is 0 Å². The standard InChI is InChI=1S/C24H21N5/c1-29(2)19-10-8-18(9-11-19)26-24-20-5-3-4-6-22(20)27-23(28-24)17-7-12-21-16(15-17)13-14-25-21/h3-15,25H,1-2H3,(H,26,27,28). The summed E-state index contributed by atoms with van der Waals surface area (Å²) >= 11 is 0. The molecule has 0 spiro atoms. The maximum atomic E-state index is 4.87. The smallest absolute Gasteiger partial charge is 0.162 e. The van der Waals surface area contributed by atoms with Crippen molar-refractivity contribution in [2.45, 2.75) is 0 Å². The number of aromatic nitrogens is 3. The fourth-order valence-electron chi connectivity index (χ4n) is 3.47. The monoisotopic (exact) mass is 379 g/mol. The van der Waals surface area contributed by atoms with Crippen LogP contribution in [0.1, 0.15) is 0 Å². The van der Waals surface area contributed by atoms with E-state index in [1.54, 1.807) is 0 Å². The molecule has 142 valence electrons. The van der Waals surface area contributed by atoms with Gasteiger partial charge >= 0.3 is 0 Å². The van der Waals surface area contributed by atoms with Crippen molar-refractivity contribution in [3.05, 3.63) is 79.0 Å². The quantitative estimate of drug-likeness (QED) is 0.427. The zero-order chi connectivity index (χ0) is 19.8. The van der Waals surface area contributed by atoms with Crippen molar-refractivity contribution >= 4 is 39.0 Å². The first-order chi connectivity index (χ1) is 14.2. The van der Waals surface area contributed by atoms with Crippen LogP contribution in [0.15, 0.2) is 79.0 Å². The second-order valence-electron chi connectivity index (χ2n) is 7.26. The topological polar surface area (TPSA) is 56.8 Å². The summed E-state index contributed by atoms with van der Waals surface area (Å²) in [5.74, 6) is 1.51. The van der Waals surface area contributed by atoms with Crippen LogP contribution < -0.4 is 10.2 Å². The van der Waals surface area contributed by atoms with Crippen LogP contribution in [0.5, 0.6) is 0 Å². The van der Waals surface area contributed by atoms with Crippen LogP contribution in [0.25, 0.3) is 33.2 Å². The number of benzene rings is 3. The summed E-state index contributed by atoms with van der Waals surface area (Å²) in [6.45, 7) is 0. The van der Waals surface area contributed by atoms with Crippen molar-refractivity contribution in [2.75, 3.05) is 24.3 Å². The minimum atomic E-state index is 0.708. The average molecular weight is 379 g/mol. The van der Waals surface area contributed by atoms with E-state index in [1.807, 2.05) is 44.6 Å². The van der Waals surface area contributed by atoms with E-state index in [2.05, 4.69) is 63.7 Å². The number of anilines is 3. The number of fused-ring (bicyclic) bond motifs is 2. The summed E-state index contributed by atoms with van der Waals surface area (Å²) in [4.78, 5) is 15.0. The number of para-hydroxylation sites is 1. The molecule has 0 aliphatic heterocycles. The molecule has 5 rings (SSSR count). The third-order valence-corrected chi connectivity index (χ3v) is 5.06. The Morgan fingerprint density at radius 3 is 2.52 bits per heavy atom. The zero-order valence-corrected chi connectivity index (χ0v) is 16.3. The van der Waals surface area contributed by atoms with E-state index in [9.17, 15) is 0 Å². The molecule has 0 radical (unpaired) electrons. The zero-order valence-electron chi connectivity index (χ0n) is 16.3. The second kappa shape index (κ2) is 6.95. The molecule has 3 aromatic carbocycles. The molecule has 0 aliphatic carbocycles. The lowest BCUT2D eigenvalue weighted by Gasteiger charge is -2.14. The molecule has 0 atom stereocenters. The van der Waals surface area contributed by atoms with Gasteiger partial charge in [-0.2, -0.15) is 0 Å². The van der Waals surface area contributed by atoms with Crippen LogP contribution in [0.4, 0.5) is 17.2 Å². The average Bonchev–Trinajstić information content (AvgIpc) is 3.22. The Morgan fingerprint density at radius 2 is 1.69 bits per heavy atom. The van der Waals surface area contributed by atoms with Crippen LogP contribution >= 0.6 is 0 Å². The van der Waals surface area contributed by atoms with Crippen molar-refractivity contribution in [2.24, 2.45) is 0 Å². The van der Waals surface area contributed by atoms with Gasteiger partial charge in [0.25, 0.3) is 0 Å². The van der Waals surface area contributed by atoms with Gasteiger partial charge in [-0.25, -0.2) is 9.97 Å². The summed E-state index contributed by atoms with van der Waals surface area (Å²) in [6, 6.07) is 24.7. The Hall–Kier alpha value is -3.86. The molecule has 0 saturated carbocycles. The van der Waals surface area contributed by atoms with Gasteiger partial charge in [-0.1, -0.05) is 12.1 Å². The summed E-state index contributed by atoms with van der Waals surface area (Å²) in [5, 5.41) is 5.62. The third-order valence-electron chi connectivity index (χ3n) is 5.06. The van der Waals surface area contributed by atoms with Gasteiger partial charge in [0.05, 0.1) is 5.52 Å². The Balaban J connectivity index is 1.60. The van der Waals surface area contributed by atoms with Gasteiger partial charge < -0.3 is 15.2 Å². The highest BCUT2D eigenvalue weighted by Crippen LogP contribution is 2.29. The van der Waals surface area contributed by atoms with E-state index in [0.717, 1.165) is 44.6 Å². The van der Waals surface area contributed by atoms with E-state index in [0.29, 0.717) is 5.82 Å². The minimum Gasteiger partial charge on any atom is -0.378 e. The number of H-pyrrole nitrogens is 1. The van der Waals surface area contributed by atoms with Gasteiger partial charge in [-0.05, 0) is 60.7 Å². The lowest BCUT2D eigenvalue weighted by molar-refractivity contribution is 1.13. The molecule has 5 nitrogen and oxygen atoms in total. The van der Waals surface area contributed by atoms with E-state index >= 15 is 0 Å². The first-order valence-electron chi connectivity index (χ1n) is 9.56. The fourth-order valence-corrected chi connectivity index (χ4v) is 3.47. The highest BCUT2D eigenvalue weighted by molar-refractivity contribution is 5.93. The second-order valence-corrected chi connectivity index (χ2v) is 7.26. The number of aromatic amines is 1. The highest BCUT2D eigenvalue weighted by Gasteiger charge is 2.11. The molecular formula is C24H21N5. The third kappa shape index (κ3) is 3.27. The van der Waals surface area contributed by atoms with E-state index in [-0.39, 0.29) is 0 Å². The van der Waals surface area contributed by atoms with Crippen molar-refractivity contribution in [3.8, 4) is 11.4 Å². The van der Waals surface area contributed by atoms with Gasteiger partial charge in [-0.15, -0.1) is 0 Å². The Morgan fingerprint density at radius 1 is 0.862 bits per heavy atom. The molecule has 0 aliphatic rings. The summed E-state index contributed by atoms with van der Waals surface area (Å²) < 4.78 is 0. The van der Waals surface area contributed by atoms with Crippen molar-refractivity contribution in [1.29, 1.82) is 0 Å². The molecule has 0 amide bonds. The lowest BCUT2D eigenvalue weighted by Crippen LogP contribution is -2.08. The number of nitrogens with one attached hydrogen (secondary N) is 2. The summed E-state index contributed by atoms with van der Waals surface area (Å²) in [7, 11) is 4.07. The molecule has 2 heterocycles. The van der Waals surface area contributed by atoms with Crippen molar-refractivity contribution in [1.82, 2.24) is 15.0 Å². The Kier molecular flexibility index (Phi) is 4.13. The SMILES string of the molecule is CN(C)c1ccc(Nc2nc(-c3ccc4[nH]ccc4c3)nc3ccccc23)cc1. The Labute approximate surface area is 169 Å². The normalized spacial score (nSPS) is 11.1. The molecule has 0 unspecified atom stereocenters. The van der Waals surface area contributed by atoms with Crippen LogP contribution in [0, 0.1) is 0 Å². The lowest BCUT2D eigenvalue weighted by atomic mass is 10.1. The molecule has 0 bridgehead atoms. The molecular weight excluding hydrogens is 358 g/mol. The fraction of sp³-hybridized carbons (Fsp3) is 0.0833. The van der Waals surface area contributed by atoms with Crippen LogP contribution in [-0.2, 0) is 0 Å². The molecule has 5 heteroatoms. The van der Waals surface area contributed by atoms with Crippen molar-refractivity contribution in [3.63, 3.8) is 0 Å². The largest absolute Gasteiger partial charge is 0.378 e. The van der Waals surface area contributed by atoms with Crippen LogP contribution in [0.2, 0.25) is 0 Å². The maximum absolute atomic E-state index is 4.87. The number of rotatable bonds is 4. The van der Waals surface area contributed by atoms with Crippen LogP contribution in [0.3, 0.4) is 0 Å². The number of nitrogens with zero attached hydrogens (tertiary/aromatic N) is 3. The first kappa shape index (κ1) is 17.3. The van der Waals surface area contributed by atoms with Gasteiger partial charge in [0.15, 0.2) is 5.82 Å². The maximum Gasteiger partial charge on any atom is 0.162 e.